The lowest BCUT2D eigenvalue weighted by atomic mass is 10.1. The number of aryl methyl sites for hydroxylation is 2. The van der Waals surface area contributed by atoms with Crippen molar-refractivity contribution in [1.29, 1.82) is 0 Å². The van der Waals surface area contributed by atoms with E-state index in [1.54, 1.807) is 16.7 Å². The van der Waals surface area contributed by atoms with Crippen molar-refractivity contribution in [3.8, 4) is 0 Å². The van der Waals surface area contributed by atoms with Crippen molar-refractivity contribution in [2.75, 3.05) is 16.9 Å². The lowest BCUT2D eigenvalue weighted by molar-refractivity contribution is -0.135. The second kappa shape index (κ2) is 6.31. The fraction of sp³-hybridized carbons (Fsp3) is 0.467. The molecule has 4 nitrogen and oxygen atoms in total. The summed E-state index contributed by atoms with van der Waals surface area (Å²) < 4.78 is 0. The van der Waals surface area contributed by atoms with Gasteiger partial charge in [0.25, 0.3) is 0 Å². The molecule has 0 spiro atoms. The van der Waals surface area contributed by atoms with Crippen molar-refractivity contribution < 1.29 is 9.59 Å². The number of hydrogen-bond donors (Lipinski definition) is 1. The molecule has 20 heavy (non-hydrogen) atoms. The number of carbonyl (C=O) groups excluding carboxylic acids is 2. The molecule has 1 heterocycles. The number of rotatable bonds is 3. The van der Waals surface area contributed by atoms with Crippen LogP contribution in [0.1, 0.15) is 24.5 Å². The molecule has 1 N–H and O–H groups in total. The monoisotopic (exact) mass is 292 g/mol. The minimum Gasteiger partial charge on any atom is -0.324 e. The lowest BCUT2D eigenvalue weighted by Gasteiger charge is -2.23. The van der Waals surface area contributed by atoms with E-state index in [4.69, 9.17) is 0 Å². The molecule has 1 aromatic carbocycles. The van der Waals surface area contributed by atoms with Crippen molar-refractivity contribution in [1.82, 2.24) is 4.90 Å². The van der Waals surface area contributed by atoms with E-state index in [0.29, 0.717) is 18.1 Å². The van der Waals surface area contributed by atoms with E-state index in [-0.39, 0.29) is 17.9 Å². The predicted octanol–water partition coefficient (Wildman–Crippen LogP) is 2.55. The third-order valence-electron chi connectivity index (χ3n) is 3.45. The number of anilines is 1. The second-order valence-electron chi connectivity index (χ2n) is 5.04. The van der Waals surface area contributed by atoms with E-state index in [1.807, 2.05) is 39.0 Å². The quantitative estimate of drug-likeness (QED) is 0.931. The maximum Gasteiger partial charge on any atom is 0.248 e. The van der Waals surface area contributed by atoms with Gasteiger partial charge >= 0.3 is 0 Å². The van der Waals surface area contributed by atoms with Crippen LogP contribution in [0.5, 0.6) is 0 Å². The third-order valence-corrected chi connectivity index (χ3v) is 4.46. The predicted molar refractivity (Wildman–Crippen MR) is 82.8 cm³/mol. The highest BCUT2D eigenvalue weighted by molar-refractivity contribution is 7.99. The molecular weight excluding hydrogens is 272 g/mol. The van der Waals surface area contributed by atoms with E-state index in [0.717, 1.165) is 11.3 Å². The minimum atomic E-state index is -0.354. The van der Waals surface area contributed by atoms with Crippen LogP contribution in [0, 0.1) is 13.8 Å². The summed E-state index contributed by atoms with van der Waals surface area (Å²) in [7, 11) is 0. The molecule has 0 unspecified atom stereocenters. The highest BCUT2D eigenvalue weighted by Gasteiger charge is 2.33. The van der Waals surface area contributed by atoms with Crippen molar-refractivity contribution in [3.05, 3.63) is 29.3 Å². The van der Waals surface area contributed by atoms with Crippen molar-refractivity contribution >= 4 is 29.3 Å². The van der Waals surface area contributed by atoms with Gasteiger partial charge in [-0.1, -0.05) is 24.6 Å². The first-order valence-electron chi connectivity index (χ1n) is 6.78. The molecule has 0 bridgehead atoms. The molecule has 108 valence electrons. The highest BCUT2D eigenvalue weighted by atomic mass is 32.2. The second-order valence-corrected chi connectivity index (χ2v) is 6.04. The Morgan fingerprint density at radius 1 is 1.40 bits per heavy atom. The number of benzene rings is 1. The maximum atomic E-state index is 12.4. The number of nitrogens with one attached hydrogen (secondary N) is 1. The minimum absolute atomic E-state index is 0.0378. The molecule has 0 radical (unpaired) electrons. The van der Waals surface area contributed by atoms with E-state index in [1.165, 1.54) is 5.56 Å². The van der Waals surface area contributed by atoms with E-state index < -0.39 is 0 Å². The summed E-state index contributed by atoms with van der Waals surface area (Å²) in [5.41, 5.74) is 3.03. The van der Waals surface area contributed by atoms with Gasteiger partial charge in [0.05, 0.1) is 5.88 Å². The largest absolute Gasteiger partial charge is 0.324 e. The SMILES string of the molecule is CCC(=O)N1CSC[C@@H]1C(=O)Nc1ccc(C)cc1C. The molecule has 2 rings (SSSR count). The van der Waals surface area contributed by atoms with Crippen LogP contribution < -0.4 is 5.32 Å². The maximum absolute atomic E-state index is 12.4. The summed E-state index contributed by atoms with van der Waals surface area (Å²) in [6.45, 7) is 5.82. The first-order valence-corrected chi connectivity index (χ1v) is 7.93. The van der Waals surface area contributed by atoms with Gasteiger partial charge < -0.3 is 10.2 Å². The summed E-state index contributed by atoms with van der Waals surface area (Å²) in [6.07, 6.45) is 0.438. The average Bonchev–Trinajstić information content (AvgIpc) is 2.90. The molecule has 1 atom stereocenters. The van der Waals surface area contributed by atoms with E-state index in [2.05, 4.69) is 5.32 Å². The lowest BCUT2D eigenvalue weighted by Crippen LogP contribution is -2.44. The van der Waals surface area contributed by atoms with Gasteiger partial charge in [-0.2, -0.15) is 0 Å². The molecule has 0 aliphatic carbocycles. The van der Waals surface area contributed by atoms with Crippen LogP contribution >= 0.6 is 11.8 Å². The summed E-state index contributed by atoms with van der Waals surface area (Å²) >= 11 is 1.62. The molecule has 1 aliphatic rings. The summed E-state index contributed by atoms with van der Waals surface area (Å²) in [4.78, 5) is 25.9. The van der Waals surface area contributed by atoms with Gasteiger partial charge in [0.1, 0.15) is 6.04 Å². The van der Waals surface area contributed by atoms with Gasteiger partial charge in [0.2, 0.25) is 11.8 Å². The fourth-order valence-electron chi connectivity index (χ4n) is 2.28. The molecule has 1 saturated heterocycles. The Hall–Kier alpha value is -1.49. The van der Waals surface area contributed by atoms with Gasteiger partial charge in [-0.3, -0.25) is 9.59 Å². The van der Waals surface area contributed by atoms with Crippen molar-refractivity contribution in [2.24, 2.45) is 0 Å². The van der Waals surface area contributed by atoms with Gasteiger partial charge in [-0.25, -0.2) is 0 Å². The van der Waals surface area contributed by atoms with Crippen LogP contribution in [0.3, 0.4) is 0 Å². The molecule has 2 amide bonds. The van der Waals surface area contributed by atoms with Gasteiger partial charge in [0, 0.05) is 17.9 Å². The third kappa shape index (κ3) is 3.15. The zero-order chi connectivity index (χ0) is 14.7. The summed E-state index contributed by atoms with van der Waals surface area (Å²) in [5.74, 6) is 1.22. The number of carbonyl (C=O) groups is 2. The Morgan fingerprint density at radius 3 is 2.80 bits per heavy atom. The van der Waals surface area contributed by atoms with Crippen molar-refractivity contribution in [2.45, 2.75) is 33.2 Å². The van der Waals surface area contributed by atoms with Crippen LogP contribution in [-0.4, -0.2) is 34.4 Å². The summed E-state index contributed by atoms with van der Waals surface area (Å²) in [5, 5.41) is 2.94. The van der Waals surface area contributed by atoms with Crippen molar-refractivity contribution in [3.63, 3.8) is 0 Å². The number of hydrogen-bond acceptors (Lipinski definition) is 3. The Kier molecular flexibility index (Phi) is 4.70. The molecule has 5 heteroatoms. The molecule has 1 fully saturated rings. The fourth-order valence-corrected chi connectivity index (χ4v) is 3.46. The van der Waals surface area contributed by atoms with Crippen LogP contribution in [0.25, 0.3) is 0 Å². The molecule has 0 saturated carbocycles. The van der Waals surface area contributed by atoms with E-state index >= 15 is 0 Å². The number of thioether (sulfide) groups is 1. The zero-order valence-corrected chi connectivity index (χ0v) is 12.9. The van der Waals surface area contributed by atoms with Crippen LogP contribution in [0.2, 0.25) is 0 Å². The Bertz CT molecular complexity index is 531. The summed E-state index contributed by atoms with van der Waals surface area (Å²) in [6, 6.07) is 5.57. The molecule has 1 aliphatic heterocycles. The Morgan fingerprint density at radius 2 is 2.15 bits per heavy atom. The standard InChI is InChI=1S/C15H20N2O2S/c1-4-14(18)17-9-20-8-13(17)15(19)16-12-6-5-10(2)7-11(12)3/h5-7,13H,4,8-9H2,1-3H3,(H,16,19)/t13-/m1/s1. The molecule has 1 aromatic rings. The smallest absolute Gasteiger partial charge is 0.248 e. The molecule has 0 aromatic heterocycles. The van der Waals surface area contributed by atoms with Crippen LogP contribution in [0.15, 0.2) is 18.2 Å². The van der Waals surface area contributed by atoms with Crippen LogP contribution in [0.4, 0.5) is 5.69 Å². The average molecular weight is 292 g/mol. The number of amides is 2. The molecular formula is C15H20N2O2S. The van der Waals surface area contributed by atoms with E-state index in [9.17, 15) is 9.59 Å². The first-order chi connectivity index (χ1) is 9.52. The van der Waals surface area contributed by atoms with Gasteiger partial charge in [-0.05, 0) is 25.5 Å². The first kappa shape index (κ1) is 14.9. The normalized spacial score (nSPS) is 18.1. The van der Waals surface area contributed by atoms with Gasteiger partial charge in [0.15, 0.2) is 0 Å². The number of nitrogens with zero attached hydrogens (tertiary/aromatic N) is 1. The Labute approximate surface area is 123 Å². The van der Waals surface area contributed by atoms with Gasteiger partial charge in [-0.15, -0.1) is 11.8 Å². The van der Waals surface area contributed by atoms with Crippen LogP contribution in [-0.2, 0) is 9.59 Å². The topological polar surface area (TPSA) is 49.4 Å². The highest BCUT2D eigenvalue weighted by Crippen LogP contribution is 2.24. The zero-order valence-electron chi connectivity index (χ0n) is 12.1. The Balaban J connectivity index is 2.09.